The summed E-state index contributed by atoms with van der Waals surface area (Å²) in [7, 11) is 0. The Hall–Kier alpha value is -2.83. The Kier molecular flexibility index (Phi) is 8.04. The van der Waals surface area contributed by atoms with E-state index < -0.39 is 11.9 Å². The van der Waals surface area contributed by atoms with Gasteiger partial charge >= 0.3 is 5.97 Å². The summed E-state index contributed by atoms with van der Waals surface area (Å²) in [5.74, 6) is -0.637. The first-order chi connectivity index (χ1) is 13.4. The molecule has 2 rings (SSSR count). The second-order valence-electron chi connectivity index (χ2n) is 6.76. The van der Waals surface area contributed by atoms with Crippen LogP contribution < -0.4 is 10.1 Å². The van der Waals surface area contributed by atoms with E-state index in [0.29, 0.717) is 17.9 Å². The van der Waals surface area contributed by atoms with Crippen LogP contribution in [-0.4, -0.2) is 48.5 Å². The highest BCUT2D eigenvalue weighted by Crippen LogP contribution is 2.21. The van der Waals surface area contributed by atoms with Crippen LogP contribution in [0.4, 0.5) is 0 Å². The van der Waals surface area contributed by atoms with Crippen molar-refractivity contribution in [2.75, 3.05) is 19.7 Å². The maximum atomic E-state index is 12.2. The van der Waals surface area contributed by atoms with E-state index in [4.69, 9.17) is 9.47 Å². The second kappa shape index (κ2) is 10.5. The number of nitrogens with one attached hydrogen (secondary N) is 1. The largest absolute Gasteiger partial charge is 0.491 e. The van der Waals surface area contributed by atoms with E-state index in [0.717, 1.165) is 25.0 Å². The molecule has 0 heterocycles. The molecule has 2 amide bonds. The first kappa shape index (κ1) is 21.5. The van der Waals surface area contributed by atoms with Crippen LogP contribution >= 0.6 is 0 Å². The molecule has 7 nitrogen and oxygen atoms in total. The molecule has 0 fully saturated rings. The van der Waals surface area contributed by atoms with Crippen molar-refractivity contribution in [3.05, 3.63) is 41.6 Å². The first-order valence-corrected chi connectivity index (χ1v) is 9.60. The van der Waals surface area contributed by atoms with Crippen LogP contribution in [0.1, 0.15) is 50.4 Å². The van der Waals surface area contributed by atoms with Crippen LogP contribution in [-0.2, 0) is 14.3 Å². The van der Waals surface area contributed by atoms with Gasteiger partial charge in [-0.05, 0) is 64.3 Å². The summed E-state index contributed by atoms with van der Waals surface area (Å²) in [5.41, 5.74) is 1.40. The Labute approximate surface area is 165 Å². The Balaban J connectivity index is 1.75. The standard InChI is InChI=1S/C21H28N2O5/c1-4-23(17-7-5-6-8-17)19(24)14-27-20(25)13-22-21(26)16-9-11-18(12-10-16)28-15(2)3/h7,9-12,15H,4-6,8,13-14H2,1-3H3,(H,22,26). The molecule has 1 aromatic rings. The number of ether oxygens (including phenoxy) is 2. The molecule has 0 aromatic heterocycles. The number of hydrogen-bond donors (Lipinski definition) is 1. The number of allylic oxidation sites excluding steroid dienone is 2. The average Bonchev–Trinajstić information content (AvgIpc) is 3.19. The number of likely N-dealkylation sites (N-methyl/N-ethyl adjacent to an activating group) is 1. The summed E-state index contributed by atoms with van der Waals surface area (Å²) in [6.45, 7) is 5.63. The highest BCUT2D eigenvalue weighted by Gasteiger charge is 2.20. The van der Waals surface area contributed by atoms with Crippen LogP contribution in [0, 0.1) is 0 Å². The van der Waals surface area contributed by atoms with Crippen molar-refractivity contribution in [2.24, 2.45) is 0 Å². The van der Waals surface area contributed by atoms with Crippen molar-refractivity contribution >= 4 is 17.8 Å². The fourth-order valence-electron chi connectivity index (χ4n) is 2.92. The molecule has 0 atom stereocenters. The number of rotatable bonds is 9. The van der Waals surface area contributed by atoms with Crippen LogP contribution in [0.3, 0.4) is 0 Å². The molecule has 0 radical (unpaired) electrons. The molecule has 0 saturated carbocycles. The molecular formula is C21H28N2O5. The maximum absolute atomic E-state index is 12.2. The van der Waals surface area contributed by atoms with E-state index in [1.807, 2.05) is 26.8 Å². The Morgan fingerprint density at radius 1 is 1.18 bits per heavy atom. The molecule has 152 valence electrons. The van der Waals surface area contributed by atoms with Gasteiger partial charge in [0, 0.05) is 17.8 Å². The van der Waals surface area contributed by atoms with E-state index in [2.05, 4.69) is 5.32 Å². The highest BCUT2D eigenvalue weighted by atomic mass is 16.5. The number of carbonyl (C=O) groups is 3. The van der Waals surface area contributed by atoms with Gasteiger partial charge in [-0.15, -0.1) is 0 Å². The van der Waals surface area contributed by atoms with E-state index >= 15 is 0 Å². The van der Waals surface area contributed by atoms with Crippen molar-refractivity contribution < 1.29 is 23.9 Å². The van der Waals surface area contributed by atoms with Crippen molar-refractivity contribution in [3.63, 3.8) is 0 Å². The normalized spacial score (nSPS) is 13.1. The van der Waals surface area contributed by atoms with E-state index in [1.54, 1.807) is 29.2 Å². The topological polar surface area (TPSA) is 84.9 Å². The van der Waals surface area contributed by atoms with Gasteiger partial charge in [0.05, 0.1) is 6.10 Å². The maximum Gasteiger partial charge on any atom is 0.325 e. The van der Waals surface area contributed by atoms with Gasteiger partial charge in [0.15, 0.2) is 6.61 Å². The van der Waals surface area contributed by atoms with Gasteiger partial charge in [-0.2, -0.15) is 0 Å². The molecule has 1 N–H and O–H groups in total. The van der Waals surface area contributed by atoms with Crippen LogP contribution in [0.15, 0.2) is 36.0 Å². The summed E-state index contributed by atoms with van der Waals surface area (Å²) in [5, 5.41) is 2.49. The van der Waals surface area contributed by atoms with Crippen LogP contribution in [0.5, 0.6) is 5.75 Å². The van der Waals surface area contributed by atoms with Crippen LogP contribution in [0.2, 0.25) is 0 Å². The number of esters is 1. The third-order valence-corrected chi connectivity index (χ3v) is 4.22. The SMILES string of the molecule is CCN(C(=O)COC(=O)CNC(=O)c1ccc(OC(C)C)cc1)C1=CCCC1. The molecular weight excluding hydrogens is 360 g/mol. The third kappa shape index (κ3) is 6.40. The van der Waals surface area contributed by atoms with Crippen molar-refractivity contribution in [2.45, 2.75) is 46.1 Å². The predicted octanol–water partition coefficient (Wildman–Crippen LogP) is 2.66. The van der Waals surface area contributed by atoms with Crippen LogP contribution in [0.25, 0.3) is 0 Å². The molecule has 1 aliphatic rings. The van der Waals surface area contributed by atoms with Crippen molar-refractivity contribution in [1.29, 1.82) is 0 Å². The average molecular weight is 388 g/mol. The predicted molar refractivity (Wildman–Crippen MR) is 105 cm³/mol. The molecule has 1 aromatic carbocycles. The Bertz CT molecular complexity index is 725. The lowest BCUT2D eigenvalue weighted by Crippen LogP contribution is -2.36. The number of hydrogen-bond acceptors (Lipinski definition) is 5. The molecule has 0 aliphatic heterocycles. The number of carbonyl (C=O) groups excluding carboxylic acids is 3. The zero-order valence-corrected chi connectivity index (χ0v) is 16.7. The third-order valence-electron chi connectivity index (χ3n) is 4.22. The monoisotopic (exact) mass is 388 g/mol. The zero-order valence-electron chi connectivity index (χ0n) is 16.7. The molecule has 7 heteroatoms. The highest BCUT2D eigenvalue weighted by molar-refractivity contribution is 5.96. The smallest absolute Gasteiger partial charge is 0.325 e. The minimum atomic E-state index is -0.655. The van der Waals surface area contributed by atoms with E-state index in [1.165, 1.54) is 0 Å². The van der Waals surface area contributed by atoms with Gasteiger partial charge in [0.1, 0.15) is 12.3 Å². The first-order valence-electron chi connectivity index (χ1n) is 9.60. The molecule has 1 aliphatic carbocycles. The molecule has 0 saturated heterocycles. The fraction of sp³-hybridized carbons (Fsp3) is 0.476. The summed E-state index contributed by atoms with van der Waals surface area (Å²) in [6, 6.07) is 6.64. The molecule has 0 bridgehead atoms. The number of amides is 2. The zero-order chi connectivity index (χ0) is 20.5. The minimum Gasteiger partial charge on any atom is -0.491 e. The van der Waals surface area contributed by atoms with Gasteiger partial charge in [-0.1, -0.05) is 6.08 Å². The lowest BCUT2D eigenvalue weighted by molar-refractivity contribution is -0.150. The van der Waals surface area contributed by atoms with Gasteiger partial charge in [0.25, 0.3) is 11.8 Å². The fourth-order valence-corrected chi connectivity index (χ4v) is 2.92. The quantitative estimate of drug-likeness (QED) is 0.658. The second-order valence-corrected chi connectivity index (χ2v) is 6.76. The molecule has 0 spiro atoms. The Morgan fingerprint density at radius 2 is 1.89 bits per heavy atom. The van der Waals surface area contributed by atoms with Gasteiger partial charge in [-0.25, -0.2) is 0 Å². The molecule has 28 heavy (non-hydrogen) atoms. The summed E-state index contributed by atoms with van der Waals surface area (Å²) < 4.78 is 10.5. The molecule has 0 unspecified atom stereocenters. The van der Waals surface area contributed by atoms with E-state index in [-0.39, 0.29) is 25.2 Å². The Morgan fingerprint density at radius 3 is 2.46 bits per heavy atom. The van der Waals surface area contributed by atoms with Gasteiger partial charge < -0.3 is 19.7 Å². The summed E-state index contributed by atoms with van der Waals surface area (Å²) in [4.78, 5) is 37.8. The van der Waals surface area contributed by atoms with Gasteiger partial charge in [0.2, 0.25) is 0 Å². The lowest BCUT2D eigenvalue weighted by atomic mass is 10.2. The van der Waals surface area contributed by atoms with E-state index in [9.17, 15) is 14.4 Å². The minimum absolute atomic E-state index is 0.0470. The lowest BCUT2D eigenvalue weighted by Gasteiger charge is -2.22. The number of benzene rings is 1. The van der Waals surface area contributed by atoms with Crippen molar-refractivity contribution in [1.82, 2.24) is 10.2 Å². The summed E-state index contributed by atoms with van der Waals surface area (Å²) >= 11 is 0. The number of nitrogens with zero attached hydrogens (tertiary/aromatic N) is 1. The van der Waals surface area contributed by atoms with Crippen molar-refractivity contribution in [3.8, 4) is 5.75 Å². The summed E-state index contributed by atoms with van der Waals surface area (Å²) in [6.07, 6.45) is 4.96. The van der Waals surface area contributed by atoms with Gasteiger partial charge in [-0.3, -0.25) is 14.4 Å².